The highest BCUT2D eigenvalue weighted by atomic mass is 35.5. The van der Waals surface area contributed by atoms with E-state index in [-0.39, 0.29) is 34.9 Å². The fourth-order valence-electron chi connectivity index (χ4n) is 2.86. The Morgan fingerprint density at radius 2 is 2.37 bits per heavy atom. The minimum absolute atomic E-state index is 0.110. The van der Waals surface area contributed by atoms with Crippen molar-refractivity contribution in [3.63, 3.8) is 0 Å². The lowest BCUT2D eigenvalue weighted by atomic mass is 9.87. The third-order valence-electron chi connectivity index (χ3n) is 3.83. The average molecular weight is 281 g/mol. The molecule has 0 amide bonds. The number of nitrogens with zero attached hydrogens (tertiary/aromatic N) is 4. The highest BCUT2D eigenvalue weighted by Crippen LogP contribution is 2.45. The fourth-order valence-corrected chi connectivity index (χ4v) is 3.11. The van der Waals surface area contributed by atoms with Crippen LogP contribution in [0.2, 0.25) is 5.02 Å². The summed E-state index contributed by atoms with van der Waals surface area (Å²) >= 11 is 5.89. The largest absolute Gasteiger partial charge is 0.363 e. The number of carbonyl (C=O) groups excluding carboxylic acids is 1. The summed E-state index contributed by atoms with van der Waals surface area (Å²) in [5, 5.41) is 3.62. The molecule has 3 rings (SSSR count). The Morgan fingerprint density at radius 1 is 1.63 bits per heavy atom. The molecular weight excluding hydrogens is 271 g/mol. The van der Waals surface area contributed by atoms with Crippen molar-refractivity contribution in [3.8, 4) is 0 Å². The van der Waals surface area contributed by atoms with Gasteiger partial charge >= 0.3 is 0 Å². The lowest BCUT2D eigenvalue weighted by Crippen LogP contribution is -2.38. The van der Waals surface area contributed by atoms with Gasteiger partial charge in [-0.15, -0.1) is 0 Å². The lowest BCUT2D eigenvalue weighted by Gasteiger charge is -2.35. The van der Waals surface area contributed by atoms with Crippen LogP contribution in [0.3, 0.4) is 0 Å². The van der Waals surface area contributed by atoms with Crippen molar-refractivity contribution in [1.29, 1.82) is 0 Å². The molecule has 2 heterocycles. The summed E-state index contributed by atoms with van der Waals surface area (Å²) in [6, 6.07) is 1.04. The lowest BCUT2D eigenvalue weighted by molar-refractivity contribution is 0.101. The van der Waals surface area contributed by atoms with E-state index in [4.69, 9.17) is 17.1 Å². The average Bonchev–Trinajstić information content (AvgIpc) is 2.69. The third kappa shape index (κ3) is 1.60. The van der Waals surface area contributed by atoms with E-state index in [0.29, 0.717) is 17.8 Å². The van der Waals surface area contributed by atoms with E-state index in [1.54, 1.807) is 0 Å². The summed E-state index contributed by atoms with van der Waals surface area (Å²) in [7, 11) is 0. The first kappa shape index (κ1) is 12.3. The van der Waals surface area contributed by atoms with Crippen molar-refractivity contribution >= 4 is 23.1 Å². The van der Waals surface area contributed by atoms with Gasteiger partial charge < -0.3 is 4.90 Å². The molecule has 19 heavy (non-hydrogen) atoms. The molecule has 0 spiro atoms. The topological polar surface area (TPSA) is 69.1 Å². The minimum Gasteiger partial charge on any atom is -0.363 e. The summed E-state index contributed by atoms with van der Waals surface area (Å²) in [6.07, 6.45) is 0. The number of benzene rings is 1. The number of Topliss-reactive ketones (excluding diaryl/α,β-unsaturated/α-hetero) is 1. The quantitative estimate of drug-likeness (QED) is 0.450. The number of hydrogen-bond donors (Lipinski definition) is 0. The first-order valence-electron chi connectivity index (χ1n) is 5.88. The summed E-state index contributed by atoms with van der Waals surface area (Å²) in [5.41, 5.74) is 10.2. The molecule has 0 radical (unpaired) electrons. The zero-order chi connectivity index (χ0) is 13.7. The smallest absolute Gasteiger partial charge is 0.185 e. The van der Waals surface area contributed by atoms with Crippen LogP contribution in [0.15, 0.2) is 11.2 Å². The van der Waals surface area contributed by atoms with Gasteiger partial charge in [-0.2, -0.15) is 0 Å². The van der Waals surface area contributed by atoms with Crippen LogP contribution in [-0.4, -0.2) is 24.9 Å². The molecule has 0 bridgehead atoms. The molecule has 0 fully saturated rings. The zero-order valence-electron chi connectivity index (χ0n) is 10.1. The predicted octanol–water partition coefficient (Wildman–Crippen LogP) is 3.28. The van der Waals surface area contributed by atoms with Crippen LogP contribution >= 0.6 is 11.6 Å². The molecule has 2 aliphatic rings. The number of ketones is 1. The SMILES string of the molecule is CC1c2cc(F)c(Cl)c3c2N(CC3=O)CC1N=[N+]=[N-]. The van der Waals surface area contributed by atoms with Gasteiger partial charge in [0.15, 0.2) is 5.78 Å². The van der Waals surface area contributed by atoms with E-state index < -0.39 is 5.82 Å². The van der Waals surface area contributed by atoms with Crippen LogP contribution < -0.4 is 4.90 Å². The van der Waals surface area contributed by atoms with Gasteiger partial charge in [-0.25, -0.2) is 4.39 Å². The van der Waals surface area contributed by atoms with E-state index >= 15 is 0 Å². The monoisotopic (exact) mass is 280 g/mol. The second kappa shape index (κ2) is 4.11. The van der Waals surface area contributed by atoms with Crippen LogP contribution in [-0.2, 0) is 0 Å². The molecule has 0 saturated heterocycles. The Kier molecular flexibility index (Phi) is 2.66. The molecule has 1 aromatic carbocycles. The van der Waals surface area contributed by atoms with Crippen LogP contribution in [0.1, 0.15) is 28.8 Å². The van der Waals surface area contributed by atoms with Gasteiger partial charge in [0.25, 0.3) is 0 Å². The van der Waals surface area contributed by atoms with Gasteiger partial charge in [-0.1, -0.05) is 23.6 Å². The molecular formula is C12H10ClFN4O. The van der Waals surface area contributed by atoms with E-state index in [9.17, 15) is 9.18 Å². The molecule has 2 aliphatic heterocycles. The maximum atomic E-state index is 13.8. The number of halogens is 2. The predicted molar refractivity (Wildman–Crippen MR) is 69.3 cm³/mol. The van der Waals surface area contributed by atoms with Crippen molar-refractivity contribution in [3.05, 3.63) is 38.5 Å². The standard InChI is InChI=1S/C12H10ClFN4O/c1-5-6-2-7(14)11(13)10-9(19)4-18(12(6)10)3-8(5)16-17-15/h2,5,8H,3-4H2,1H3. The van der Waals surface area contributed by atoms with Crippen molar-refractivity contribution in [1.82, 2.24) is 0 Å². The summed E-state index contributed by atoms with van der Waals surface area (Å²) in [6.45, 7) is 2.48. The molecule has 2 unspecified atom stereocenters. The number of carbonyl (C=O) groups is 1. The first-order chi connectivity index (χ1) is 9.04. The number of hydrogen-bond acceptors (Lipinski definition) is 3. The molecule has 2 atom stereocenters. The van der Waals surface area contributed by atoms with Crippen LogP contribution in [0.25, 0.3) is 10.4 Å². The van der Waals surface area contributed by atoms with Crippen LogP contribution in [0.4, 0.5) is 10.1 Å². The van der Waals surface area contributed by atoms with E-state index in [1.807, 2.05) is 11.8 Å². The number of azide groups is 1. The third-order valence-corrected chi connectivity index (χ3v) is 4.20. The van der Waals surface area contributed by atoms with Gasteiger partial charge in [0.2, 0.25) is 0 Å². The molecule has 98 valence electrons. The van der Waals surface area contributed by atoms with Crippen LogP contribution in [0, 0.1) is 5.82 Å². The normalized spacial score (nSPS) is 24.2. The molecule has 0 saturated carbocycles. The maximum Gasteiger partial charge on any atom is 0.185 e. The Hall–Kier alpha value is -1.78. The Bertz CT molecular complexity index is 641. The summed E-state index contributed by atoms with van der Waals surface area (Å²) in [4.78, 5) is 16.6. The van der Waals surface area contributed by atoms with Gasteiger partial charge in [-0.3, -0.25) is 4.79 Å². The first-order valence-corrected chi connectivity index (χ1v) is 6.26. The Labute approximate surface area is 113 Å². The highest BCUT2D eigenvalue weighted by molar-refractivity contribution is 6.36. The molecule has 0 aliphatic carbocycles. The molecule has 1 aromatic rings. The van der Waals surface area contributed by atoms with Crippen molar-refractivity contribution in [2.24, 2.45) is 5.11 Å². The van der Waals surface area contributed by atoms with Gasteiger partial charge in [0, 0.05) is 11.5 Å². The molecule has 5 nitrogen and oxygen atoms in total. The summed E-state index contributed by atoms with van der Waals surface area (Å²) in [5.74, 6) is -0.924. The Balaban J connectivity index is 2.25. The van der Waals surface area contributed by atoms with E-state index in [1.165, 1.54) is 6.07 Å². The van der Waals surface area contributed by atoms with E-state index in [2.05, 4.69) is 10.0 Å². The number of anilines is 1. The van der Waals surface area contributed by atoms with Gasteiger partial charge in [0.05, 0.1) is 28.9 Å². The molecule has 0 N–H and O–H groups in total. The van der Waals surface area contributed by atoms with Gasteiger partial charge in [-0.05, 0) is 23.1 Å². The zero-order valence-corrected chi connectivity index (χ0v) is 10.9. The minimum atomic E-state index is -0.598. The maximum absolute atomic E-state index is 13.8. The second-order valence-corrected chi connectivity index (χ2v) is 5.23. The highest BCUT2D eigenvalue weighted by Gasteiger charge is 2.40. The van der Waals surface area contributed by atoms with Crippen molar-refractivity contribution in [2.45, 2.75) is 18.9 Å². The fraction of sp³-hybridized carbons (Fsp3) is 0.417. The van der Waals surface area contributed by atoms with Crippen molar-refractivity contribution in [2.75, 3.05) is 18.0 Å². The van der Waals surface area contributed by atoms with Crippen LogP contribution in [0.5, 0.6) is 0 Å². The molecule has 0 aromatic heterocycles. The second-order valence-electron chi connectivity index (χ2n) is 4.85. The van der Waals surface area contributed by atoms with E-state index in [0.717, 1.165) is 0 Å². The molecule has 7 heteroatoms. The van der Waals surface area contributed by atoms with Crippen molar-refractivity contribution < 1.29 is 9.18 Å². The van der Waals surface area contributed by atoms with Gasteiger partial charge in [0.1, 0.15) is 5.82 Å². The number of rotatable bonds is 1. The Morgan fingerprint density at radius 3 is 3.05 bits per heavy atom. The summed E-state index contributed by atoms with van der Waals surface area (Å²) < 4.78 is 13.8.